The van der Waals surface area contributed by atoms with Gasteiger partial charge in [0.15, 0.2) is 11.5 Å². The molecule has 2 N–H and O–H groups in total. The highest BCUT2D eigenvalue weighted by Crippen LogP contribution is 2.48. The third kappa shape index (κ3) is 2.57. The lowest BCUT2D eigenvalue weighted by molar-refractivity contribution is 0.402. The highest BCUT2D eigenvalue weighted by Gasteiger charge is 2.22. The van der Waals surface area contributed by atoms with E-state index < -0.39 is 0 Å². The first-order chi connectivity index (χ1) is 11.1. The van der Waals surface area contributed by atoms with E-state index >= 15 is 0 Å². The molecule has 3 aromatic rings. The molecule has 0 amide bonds. The standard InChI is InChI=1S/C21H20O2/c1-3-17-14(2)20(22)21(23)19(16-12-8-5-9-13-16)18(17)15-10-6-4-7-11-15/h4-13,22-23H,3H2,1-2H3. The topological polar surface area (TPSA) is 40.5 Å². The molecule has 0 unspecified atom stereocenters. The molecule has 116 valence electrons. The zero-order valence-electron chi connectivity index (χ0n) is 13.4. The molecule has 0 fully saturated rings. The Labute approximate surface area is 136 Å². The van der Waals surface area contributed by atoms with Crippen molar-refractivity contribution >= 4 is 0 Å². The quantitative estimate of drug-likeness (QED) is 0.644. The maximum absolute atomic E-state index is 10.6. The lowest BCUT2D eigenvalue weighted by Crippen LogP contribution is -1.97. The maximum atomic E-state index is 10.6. The van der Waals surface area contributed by atoms with Crippen molar-refractivity contribution in [2.45, 2.75) is 20.3 Å². The summed E-state index contributed by atoms with van der Waals surface area (Å²) in [6, 6.07) is 19.8. The monoisotopic (exact) mass is 304 g/mol. The molecule has 0 aliphatic heterocycles. The zero-order valence-corrected chi connectivity index (χ0v) is 13.4. The minimum Gasteiger partial charge on any atom is -0.504 e. The number of hydrogen-bond donors (Lipinski definition) is 2. The van der Waals surface area contributed by atoms with Crippen LogP contribution in [0.5, 0.6) is 11.5 Å². The summed E-state index contributed by atoms with van der Waals surface area (Å²) in [6.07, 6.45) is 0.781. The Morgan fingerprint density at radius 1 is 0.696 bits per heavy atom. The van der Waals surface area contributed by atoms with E-state index in [0.717, 1.165) is 34.2 Å². The predicted octanol–water partition coefficient (Wildman–Crippen LogP) is 5.30. The second-order valence-corrected chi connectivity index (χ2v) is 5.64. The van der Waals surface area contributed by atoms with Crippen molar-refractivity contribution < 1.29 is 10.2 Å². The molecule has 2 nitrogen and oxygen atoms in total. The van der Waals surface area contributed by atoms with Crippen molar-refractivity contribution in [2.75, 3.05) is 0 Å². The van der Waals surface area contributed by atoms with Crippen molar-refractivity contribution in [3.63, 3.8) is 0 Å². The van der Waals surface area contributed by atoms with Gasteiger partial charge in [0.2, 0.25) is 0 Å². The van der Waals surface area contributed by atoms with Gasteiger partial charge in [-0.1, -0.05) is 67.6 Å². The first-order valence-corrected chi connectivity index (χ1v) is 7.83. The third-order valence-corrected chi connectivity index (χ3v) is 4.30. The van der Waals surface area contributed by atoms with Gasteiger partial charge in [-0.15, -0.1) is 0 Å². The molecule has 0 bridgehead atoms. The third-order valence-electron chi connectivity index (χ3n) is 4.30. The minimum atomic E-state index is -0.0512. The Morgan fingerprint density at radius 3 is 1.65 bits per heavy atom. The number of phenols is 2. The summed E-state index contributed by atoms with van der Waals surface area (Å²) < 4.78 is 0. The molecule has 3 aromatic carbocycles. The molecule has 0 aliphatic carbocycles. The lowest BCUT2D eigenvalue weighted by atomic mass is 9.85. The molecule has 0 radical (unpaired) electrons. The number of rotatable bonds is 3. The minimum absolute atomic E-state index is 0.0274. The van der Waals surface area contributed by atoms with Gasteiger partial charge in [-0.05, 0) is 41.2 Å². The fourth-order valence-corrected chi connectivity index (χ4v) is 3.15. The molecular formula is C21H20O2. The van der Waals surface area contributed by atoms with E-state index in [1.54, 1.807) is 0 Å². The van der Waals surface area contributed by atoms with E-state index in [1.165, 1.54) is 0 Å². The summed E-state index contributed by atoms with van der Waals surface area (Å²) in [6.45, 7) is 3.93. The summed E-state index contributed by atoms with van der Waals surface area (Å²) in [4.78, 5) is 0. The van der Waals surface area contributed by atoms with Gasteiger partial charge in [0, 0.05) is 5.56 Å². The first kappa shape index (κ1) is 15.2. The van der Waals surface area contributed by atoms with E-state index in [2.05, 4.69) is 6.92 Å². The van der Waals surface area contributed by atoms with Crippen LogP contribution >= 0.6 is 0 Å². The number of aromatic hydroxyl groups is 2. The van der Waals surface area contributed by atoms with E-state index in [0.29, 0.717) is 5.56 Å². The van der Waals surface area contributed by atoms with Crippen molar-refractivity contribution in [1.29, 1.82) is 0 Å². The summed E-state index contributed by atoms with van der Waals surface area (Å²) in [5, 5.41) is 21.0. The van der Waals surface area contributed by atoms with Crippen LogP contribution in [0, 0.1) is 6.92 Å². The average Bonchev–Trinajstić information content (AvgIpc) is 2.61. The van der Waals surface area contributed by atoms with Crippen LogP contribution in [0.4, 0.5) is 0 Å². The number of benzene rings is 3. The fraction of sp³-hybridized carbons (Fsp3) is 0.143. The molecule has 0 spiro atoms. The Bertz CT molecular complexity index is 822. The van der Waals surface area contributed by atoms with Gasteiger partial charge in [0.05, 0.1) is 0 Å². The summed E-state index contributed by atoms with van der Waals surface area (Å²) in [5.74, 6) is -0.0786. The highest BCUT2D eigenvalue weighted by atomic mass is 16.3. The molecule has 2 heteroatoms. The summed E-state index contributed by atoms with van der Waals surface area (Å²) >= 11 is 0. The Hall–Kier alpha value is -2.74. The summed E-state index contributed by atoms with van der Waals surface area (Å²) in [7, 11) is 0. The van der Waals surface area contributed by atoms with Gasteiger partial charge < -0.3 is 10.2 Å². The first-order valence-electron chi connectivity index (χ1n) is 7.83. The van der Waals surface area contributed by atoms with Crippen LogP contribution in [0.2, 0.25) is 0 Å². The molecule has 0 saturated carbocycles. The normalized spacial score (nSPS) is 10.7. The van der Waals surface area contributed by atoms with Gasteiger partial charge >= 0.3 is 0 Å². The zero-order chi connectivity index (χ0) is 16.4. The van der Waals surface area contributed by atoms with E-state index in [-0.39, 0.29) is 11.5 Å². The van der Waals surface area contributed by atoms with Crippen molar-refractivity contribution in [3.8, 4) is 33.8 Å². The predicted molar refractivity (Wildman–Crippen MR) is 94.8 cm³/mol. The highest BCUT2D eigenvalue weighted by molar-refractivity contribution is 5.92. The number of hydrogen-bond acceptors (Lipinski definition) is 2. The summed E-state index contributed by atoms with van der Waals surface area (Å²) in [5.41, 5.74) is 5.42. The van der Waals surface area contributed by atoms with E-state index in [4.69, 9.17) is 0 Å². The average molecular weight is 304 g/mol. The Balaban J connectivity index is 2.44. The Morgan fingerprint density at radius 2 is 1.17 bits per heavy atom. The van der Waals surface area contributed by atoms with Gasteiger partial charge in [0.1, 0.15) is 0 Å². The van der Waals surface area contributed by atoms with Crippen LogP contribution in [0.15, 0.2) is 60.7 Å². The van der Waals surface area contributed by atoms with Crippen LogP contribution in [-0.2, 0) is 6.42 Å². The van der Waals surface area contributed by atoms with E-state index in [1.807, 2.05) is 67.6 Å². The second-order valence-electron chi connectivity index (χ2n) is 5.64. The fourth-order valence-electron chi connectivity index (χ4n) is 3.15. The van der Waals surface area contributed by atoms with Crippen LogP contribution in [0.3, 0.4) is 0 Å². The van der Waals surface area contributed by atoms with Crippen molar-refractivity contribution in [3.05, 3.63) is 71.8 Å². The molecule has 23 heavy (non-hydrogen) atoms. The molecular weight excluding hydrogens is 284 g/mol. The molecule has 0 aromatic heterocycles. The van der Waals surface area contributed by atoms with Crippen LogP contribution in [0.1, 0.15) is 18.1 Å². The second kappa shape index (κ2) is 6.17. The van der Waals surface area contributed by atoms with Gasteiger partial charge in [-0.3, -0.25) is 0 Å². The Kier molecular flexibility index (Phi) is 4.07. The SMILES string of the molecule is CCc1c(C)c(O)c(O)c(-c2ccccc2)c1-c1ccccc1. The van der Waals surface area contributed by atoms with Crippen molar-refractivity contribution in [2.24, 2.45) is 0 Å². The number of phenolic OH excluding ortho intramolecular Hbond substituents is 2. The molecule has 0 saturated heterocycles. The molecule has 0 heterocycles. The molecule has 0 atom stereocenters. The van der Waals surface area contributed by atoms with Crippen molar-refractivity contribution in [1.82, 2.24) is 0 Å². The smallest absolute Gasteiger partial charge is 0.166 e. The largest absolute Gasteiger partial charge is 0.504 e. The van der Waals surface area contributed by atoms with Gasteiger partial charge in [-0.2, -0.15) is 0 Å². The van der Waals surface area contributed by atoms with Gasteiger partial charge in [0.25, 0.3) is 0 Å². The van der Waals surface area contributed by atoms with E-state index in [9.17, 15) is 10.2 Å². The maximum Gasteiger partial charge on any atom is 0.166 e. The lowest BCUT2D eigenvalue weighted by Gasteiger charge is -2.20. The molecule has 3 rings (SSSR count). The van der Waals surface area contributed by atoms with Gasteiger partial charge in [-0.25, -0.2) is 0 Å². The molecule has 0 aliphatic rings. The van der Waals surface area contributed by atoms with Crippen LogP contribution in [-0.4, -0.2) is 10.2 Å². The van der Waals surface area contributed by atoms with Crippen LogP contribution < -0.4 is 0 Å². The van der Waals surface area contributed by atoms with Crippen LogP contribution in [0.25, 0.3) is 22.3 Å².